The lowest BCUT2D eigenvalue weighted by Crippen LogP contribution is -2.40. The first-order chi connectivity index (χ1) is 13.7. The van der Waals surface area contributed by atoms with E-state index in [1.165, 1.54) is 19.2 Å². The molecule has 0 saturated carbocycles. The van der Waals surface area contributed by atoms with Gasteiger partial charge in [-0.3, -0.25) is 4.79 Å². The highest BCUT2D eigenvalue weighted by Gasteiger charge is 2.22. The number of carbonyl (C=O) groups is 1. The van der Waals surface area contributed by atoms with E-state index in [1.54, 1.807) is 30.3 Å². The van der Waals surface area contributed by atoms with Crippen molar-refractivity contribution in [2.45, 2.75) is 51.6 Å². The molecule has 2 aromatic rings. The Hall–Kier alpha value is -2.54. The fraction of sp³-hybridized carbons (Fsp3) is 0.409. The molecule has 0 radical (unpaired) electrons. The standard InChI is InChI=1S/C22H29NO5S/c1-6-17(4)23(22(24)16(2)3)15-18-8-7-9-20(14-18)28-29(25,26)21-12-10-19(27-5)11-13-21/h7-14,16-17H,6,15H2,1-5H3/t17-/m1/s1. The van der Waals surface area contributed by atoms with Crippen LogP contribution in [0.15, 0.2) is 53.4 Å². The average Bonchev–Trinajstić information content (AvgIpc) is 2.70. The van der Waals surface area contributed by atoms with Crippen LogP contribution in [0.5, 0.6) is 11.5 Å². The zero-order chi connectivity index (χ0) is 21.6. The van der Waals surface area contributed by atoms with Crippen LogP contribution < -0.4 is 8.92 Å². The third-order valence-electron chi connectivity index (χ3n) is 4.71. The van der Waals surface area contributed by atoms with Crippen LogP contribution in [0.25, 0.3) is 0 Å². The summed E-state index contributed by atoms with van der Waals surface area (Å²) in [4.78, 5) is 14.5. The molecule has 0 spiro atoms. The van der Waals surface area contributed by atoms with Crippen molar-refractivity contribution in [3.05, 3.63) is 54.1 Å². The summed E-state index contributed by atoms with van der Waals surface area (Å²) in [7, 11) is -2.46. The van der Waals surface area contributed by atoms with Gasteiger partial charge in [0.15, 0.2) is 0 Å². The molecule has 0 aliphatic heterocycles. The Kier molecular flexibility index (Phi) is 7.67. The second kappa shape index (κ2) is 9.78. The lowest BCUT2D eigenvalue weighted by Gasteiger charge is -2.30. The van der Waals surface area contributed by atoms with Crippen LogP contribution in [0.4, 0.5) is 0 Å². The molecule has 0 heterocycles. The Morgan fingerprint density at radius 3 is 2.24 bits per heavy atom. The number of hydrogen-bond donors (Lipinski definition) is 0. The molecule has 0 N–H and O–H groups in total. The predicted molar refractivity (Wildman–Crippen MR) is 112 cm³/mol. The maximum absolute atomic E-state index is 12.6. The van der Waals surface area contributed by atoms with E-state index >= 15 is 0 Å². The van der Waals surface area contributed by atoms with Crippen LogP contribution in [-0.2, 0) is 21.5 Å². The SMILES string of the molecule is CC[C@@H](C)N(Cc1cccc(OS(=O)(=O)c2ccc(OC)cc2)c1)C(=O)C(C)C. The highest BCUT2D eigenvalue weighted by Crippen LogP contribution is 2.23. The molecular weight excluding hydrogens is 390 g/mol. The first-order valence-corrected chi connectivity index (χ1v) is 11.1. The number of amides is 1. The Balaban J connectivity index is 2.22. The molecule has 1 amide bonds. The second-order valence-electron chi connectivity index (χ2n) is 7.24. The summed E-state index contributed by atoms with van der Waals surface area (Å²) in [5, 5.41) is 0. The van der Waals surface area contributed by atoms with Crippen LogP contribution in [0.3, 0.4) is 0 Å². The third-order valence-corrected chi connectivity index (χ3v) is 5.97. The minimum atomic E-state index is -3.97. The molecule has 1 atom stereocenters. The van der Waals surface area contributed by atoms with E-state index in [4.69, 9.17) is 8.92 Å². The lowest BCUT2D eigenvalue weighted by atomic mass is 10.1. The van der Waals surface area contributed by atoms with Crippen molar-refractivity contribution in [1.82, 2.24) is 4.90 Å². The van der Waals surface area contributed by atoms with Crippen molar-refractivity contribution in [2.24, 2.45) is 5.92 Å². The van der Waals surface area contributed by atoms with Gasteiger partial charge in [-0.15, -0.1) is 0 Å². The van der Waals surface area contributed by atoms with E-state index in [0.29, 0.717) is 12.3 Å². The molecule has 29 heavy (non-hydrogen) atoms. The summed E-state index contributed by atoms with van der Waals surface area (Å²) < 4.78 is 35.5. The molecule has 0 unspecified atom stereocenters. The quantitative estimate of drug-likeness (QED) is 0.568. The van der Waals surface area contributed by atoms with Gasteiger partial charge in [0.1, 0.15) is 16.4 Å². The molecule has 6 nitrogen and oxygen atoms in total. The summed E-state index contributed by atoms with van der Waals surface area (Å²) >= 11 is 0. The van der Waals surface area contributed by atoms with Crippen LogP contribution in [0.1, 0.15) is 39.7 Å². The fourth-order valence-electron chi connectivity index (χ4n) is 2.81. The molecule has 2 rings (SSSR count). The van der Waals surface area contributed by atoms with Crippen molar-refractivity contribution >= 4 is 16.0 Å². The van der Waals surface area contributed by atoms with E-state index in [2.05, 4.69) is 0 Å². The lowest BCUT2D eigenvalue weighted by molar-refractivity contribution is -0.137. The van der Waals surface area contributed by atoms with Gasteiger partial charge in [0.2, 0.25) is 5.91 Å². The summed E-state index contributed by atoms with van der Waals surface area (Å²) in [6.07, 6.45) is 0.834. The zero-order valence-electron chi connectivity index (χ0n) is 17.6. The van der Waals surface area contributed by atoms with Crippen LogP contribution in [-0.4, -0.2) is 32.4 Å². The first kappa shape index (κ1) is 22.7. The number of nitrogens with zero attached hydrogens (tertiary/aromatic N) is 1. The summed E-state index contributed by atoms with van der Waals surface area (Å²) in [6.45, 7) is 8.18. The van der Waals surface area contributed by atoms with Crippen molar-refractivity contribution in [3.8, 4) is 11.5 Å². The molecule has 0 saturated heterocycles. The molecule has 2 aromatic carbocycles. The highest BCUT2D eigenvalue weighted by molar-refractivity contribution is 7.87. The van der Waals surface area contributed by atoms with Gasteiger partial charge in [-0.25, -0.2) is 0 Å². The van der Waals surface area contributed by atoms with Gasteiger partial charge >= 0.3 is 10.1 Å². The molecule has 0 fully saturated rings. The molecule has 0 aliphatic carbocycles. The Labute approximate surface area is 173 Å². The normalized spacial score (nSPS) is 12.5. The van der Waals surface area contributed by atoms with Crippen molar-refractivity contribution in [3.63, 3.8) is 0 Å². The predicted octanol–water partition coefficient (Wildman–Crippen LogP) is 4.25. The second-order valence-corrected chi connectivity index (χ2v) is 8.78. The number of benzene rings is 2. The van der Waals surface area contributed by atoms with Crippen molar-refractivity contribution in [1.29, 1.82) is 0 Å². The van der Waals surface area contributed by atoms with E-state index in [9.17, 15) is 13.2 Å². The number of rotatable bonds is 9. The molecule has 0 aliphatic rings. The largest absolute Gasteiger partial charge is 0.497 e. The van der Waals surface area contributed by atoms with Crippen LogP contribution in [0.2, 0.25) is 0 Å². The maximum atomic E-state index is 12.6. The van der Waals surface area contributed by atoms with Gasteiger partial charge in [0, 0.05) is 18.5 Å². The fourth-order valence-corrected chi connectivity index (χ4v) is 3.74. The van der Waals surface area contributed by atoms with E-state index in [1.807, 2.05) is 38.7 Å². The Morgan fingerprint density at radius 2 is 1.69 bits per heavy atom. The van der Waals surface area contributed by atoms with Crippen molar-refractivity contribution in [2.75, 3.05) is 7.11 Å². The Bertz CT molecular complexity index is 922. The summed E-state index contributed by atoms with van der Waals surface area (Å²) in [6, 6.07) is 12.9. The highest BCUT2D eigenvalue weighted by atomic mass is 32.2. The van der Waals surface area contributed by atoms with Gasteiger partial charge in [0.05, 0.1) is 7.11 Å². The third kappa shape index (κ3) is 5.97. The molecule has 158 valence electrons. The maximum Gasteiger partial charge on any atom is 0.339 e. The smallest absolute Gasteiger partial charge is 0.339 e. The number of hydrogen-bond acceptors (Lipinski definition) is 5. The van der Waals surface area contributed by atoms with Gasteiger partial charge in [-0.2, -0.15) is 8.42 Å². The van der Waals surface area contributed by atoms with Gasteiger partial charge in [-0.1, -0.05) is 32.9 Å². The van der Waals surface area contributed by atoms with E-state index in [0.717, 1.165) is 12.0 Å². The average molecular weight is 420 g/mol. The van der Waals surface area contributed by atoms with Gasteiger partial charge in [0.25, 0.3) is 0 Å². The van der Waals surface area contributed by atoms with E-state index < -0.39 is 10.1 Å². The molecular formula is C22H29NO5S. The number of methoxy groups -OCH3 is 1. The monoisotopic (exact) mass is 419 g/mol. The number of ether oxygens (including phenoxy) is 1. The van der Waals surface area contributed by atoms with Gasteiger partial charge in [-0.05, 0) is 55.3 Å². The number of carbonyl (C=O) groups excluding carboxylic acids is 1. The zero-order valence-corrected chi connectivity index (χ0v) is 18.4. The first-order valence-electron chi connectivity index (χ1n) is 9.66. The van der Waals surface area contributed by atoms with Crippen LogP contribution >= 0.6 is 0 Å². The topological polar surface area (TPSA) is 72.9 Å². The summed E-state index contributed by atoms with van der Waals surface area (Å²) in [5.74, 6) is 0.723. The molecule has 7 heteroatoms. The Morgan fingerprint density at radius 1 is 1.03 bits per heavy atom. The van der Waals surface area contributed by atoms with Crippen LogP contribution in [0, 0.1) is 5.92 Å². The minimum absolute atomic E-state index is 0.0416. The van der Waals surface area contributed by atoms with Crippen molar-refractivity contribution < 1.29 is 22.1 Å². The van der Waals surface area contributed by atoms with E-state index in [-0.39, 0.29) is 28.5 Å². The minimum Gasteiger partial charge on any atom is -0.497 e. The molecule has 0 bridgehead atoms. The summed E-state index contributed by atoms with van der Waals surface area (Å²) in [5.41, 5.74) is 0.807. The molecule has 0 aromatic heterocycles. The van der Waals surface area contributed by atoms with Gasteiger partial charge < -0.3 is 13.8 Å².